The van der Waals surface area contributed by atoms with Gasteiger partial charge in [-0.3, -0.25) is 0 Å². The van der Waals surface area contributed by atoms with E-state index in [0.717, 1.165) is 38.6 Å². The number of urea groups is 1. The van der Waals surface area contributed by atoms with E-state index in [1.807, 2.05) is 11.8 Å². The average Bonchev–Trinajstić information content (AvgIpc) is 2.87. The predicted molar refractivity (Wildman–Crippen MR) is 81.2 cm³/mol. The second-order valence-electron chi connectivity index (χ2n) is 6.32. The summed E-state index contributed by atoms with van der Waals surface area (Å²) in [6, 6.07) is -0.544. The Morgan fingerprint density at radius 2 is 1.95 bits per heavy atom. The van der Waals surface area contributed by atoms with Crippen molar-refractivity contribution in [2.24, 2.45) is 5.92 Å². The van der Waals surface area contributed by atoms with Crippen molar-refractivity contribution in [1.82, 2.24) is 9.80 Å². The molecule has 3 atom stereocenters. The Labute approximate surface area is 127 Å². The van der Waals surface area contributed by atoms with Crippen molar-refractivity contribution < 1.29 is 14.7 Å². The summed E-state index contributed by atoms with van der Waals surface area (Å²) in [5.74, 6) is -0.460. The molecular weight excluding hydrogens is 268 g/mol. The largest absolute Gasteiger partial charge is 0.480 e. The molecule has 2 fully saturated rings. The molecule has 2 amide bonds. The highest BCUT2D eigenvalue weighted by atomic mass is 16.4. The molecule has 1 saturated heterocycles. The van der Waals surface area contributed by atoms with E-state index >= 15 is 0 Å². The Kier molecular flexibility index (Phi) is 5.48. The first kappa shape index (κ1) is 16.1. The summed E-state index contributed by atoms with van der Waals surface area (Å²) in [6.07, 6.45) is 6.96. The number of likely N-dealkylation sites (tertiary alicyclic amines) is 1. The van der Waals surface area contributed by atoms with Crippen LogP contribution in [0.15, 0.2) is 0 Å². The van der Waals surface area contributed by atoms with E-state index in [2.05, 4.69) is 6.92 Å². The Morgan fingerprint density at radius 3 is 2.57 bits per heavy atom. The van der Waals surface area contributed by atoms with Gasteiger partial charge in [-0.1, -0.05) is 26.2 Å². The molecule has 0 bridgehead atoms. The lowest BCUT2D eigenvalue weighted by Gasteiger charge is -2.36. The Hall–Kier alpha value is -1.26. The van der Waals surface area contributed by atoms with Crippen LogP contribution in [0.2, 0.25) is 0 Å². The summed E-state index contributed by atoms with van der Waals surface area (Å²) in [4.78, 5) is 27.9. The molecule has 1 aliphatic heterocycles. The summed E-state index contributed by atoms with van der Waals surface area (Å²) in [7, 11) is 0. The second kappa shape index (κ2) is 7.14. The topological polar surface area (TPSA) is 60.9 Å². The van der Waals surface area contributed by atoms with Crippen LogP contribution < -0.4 is 0 Å². The molecular formula is C16H28N2O3. The van der Waals surface area contributed by atoms with Crippen LogP contribution in [0.3, 0.4) is 0 Å². The van der Waals surface area contributed by atoms with Gasteiger partial charge in [0.15, 0.2) is 0 Å². The van der Waals surface area contributed by atoms with E-state index < -0.39 is 12.0 Å². The van der Waals surface area contributed by atoms with Crippen molar-refractivity contribution in [1.29, 1.82) is 0 Å². The van der Waals surface area contributed by atoms with Gasteiger partial charge in [-0.05, 0) is 38.5 Å². The van der Waals surface area contributed by atoms with E-state index in [4.69, 9.17) is 0 Å². The highest BCUT2D eigenvalue weighted by Gasteiger charge is 2.48. The fraction of sp³-hybridized carbons (Fsp3) is 0.875. The molecule has 0 aromatic heterocycles. The molecule has 3 unspecified atom stereocenters. The van der Waals surface area contributed by atoms with E-state index in [0.29, 0.717) is 18.9 Å². The molecule has 120 valence electrons. The number of carbonyl (C=O) groups is 2. The minimum Gasteiger partial charge on any atom is -0.480 e. The molecule has 2 aliphatic rings. The van der Waals surface area contributed by atoms with Crippen LogP contribution in [0.25, 0.3) is 0 Å². The van der Waals surface area contributed by atoms with Gasteiger partial charge in [-0.25, -0.2) is 9.59 Å². The van der Waals surface area contributed by atoms with E-state index in [-0.39, 0.29) is 12.1 Å². The van der Waals surface area contributed by atoms with E-state index in [1.165, 1.54) is 6.42 Å². The van der Waals surface area contributed by atoms with Gasteiger partial charge < -0.3 is 14.9 Å². The predicted octanol–water partition coefficient (Wildman–Crippen LogP) is 2.95. The number of carbonyl (C=O) groups excluding carboxylic acids is 1. The van der Waals surface area contributed by atoms with Crippen molar-refractivity contribution in [2.45, 2.75) is 70.9 Å². The maximum atomic E-state index is 12.8. The van der Waals surface area contributed by atoms with Crippen LogP contribution in [0.5, 0.6) is 0 Å². The molecule has 0 aromatic carbocycles. The van der Waals surface area contributed by atoms with Crippen LogP contribution in [-0.2, 0) is 4.79 Å². The van der Waals surface area contributed by atoms with E-state index in [9.17, 15) is 14.7 Å². The Morgan fingerprint density at radius 1 is 1.24 bits per heavy atom. The van der Waals surface area contributed by atoms with E-state index in [1.54, 1.807) is 4.90 Å². The molecule has 2 rings (SSSR count). The third-order valence-electron chi connectivity index (χ3n) is 5.03. The second-order valence-corrected chi connectivity index (χ2v) is 6.32. The summed E-state index contributed by atoms with van der Waals surface area (Å²) < 4.78 is 0. The fourth-order valence-corrected chi connectivity index (χ4v) is 3.86. The summed E-state index contributed by atoms with van der Waals surface area (Å²) in [6.45, 7) is 5.45. The number of carboxylic acids is 1. The van der Waals surface area contributed by atoms with Crippen molar-refractivity contribution in [3.63, 3.8) is 0 Å². The fourth-order valence-electron chi connectivity index (χ4n) is 3.86. The molecule has 0 radical (unpaired) electrons. The number of amides is 2. The molecule has 5 nitrogen and oxygen atoms in total. The van der Waals surface area contributed by atoms with Gasteiger partial charge in [0.25, 0.3) is 0 Å². The van der Waals surface area contributed by atoms with Crippen molar-refractivity contribution in [3.05, 3.63) is 0 Å². The van der Waals surface area contributed by atoms with Crippen LogP contribution >= 0.6 is 0 Å². The van der Waals surface area contributed by atoms with Crippen LogP contribution in [0, 0.1) is 5.92 Å². The zero-order chi connectivity index (χ0) is 15.4. The quantitative estimate of drug-likeness (QED) is 0.848. The van der Waals surface area contributed by atoms with Crippen LogP contribution in [0.1, 0.15) is 58.8 Å². The summed E-state index contributed by atoms with van der Waals surface area (Å²) >= 11 is 0. The van der Waals surface area contributed by atoms with Crippen molar-refractivity contribution in [3.8, 4) is 0 Å². The highest BCUT2D eigenvalue weighted by Crippen LogP contribution is 2.40. The normalized spacial score (nSPS) is 28.3. The number of nitrogens with zero attached hydrogens (tertiary/aromatic N) is 2. The number of fused-ring (bicyclic) bond motifs is 1. The molecule has 1 aliphatic carbocycles. The SMILES string of the molecule is CCCCN(CC)C(=O)N1C(C(=O)O)CC2CCCCC21. The standard InChI is InChI=1S/C16H28N2O3/c1-3-5-10-17(4-2)16(21)18-13-9-7-6-8-12(13)11-14(18)15(19)20/h12-14H,3-11H2,1-2H3,(H,19,20). The number of hydrogen-bond acceptors (Lipinski definition) is 2. The third-order valence-corrected chi connectivity index (χ3v) is 5.03. The molecule has 0 spiro atoms. The molecule has 21 heavy (non-hydrogen) atoms. The van der Waals surface area contributed by atoms with Crippen molar-refractivity contribution in [2.75, 3.05) is 13.1 Å². The minimum absolute atomic E-state index is 0.0623. The molecule has 1 heterocycles. The Bertz CT molecular complexity index is 386. The summed E-state index contributed by atoms with van der Waals surface area (Å²) in [5, 5.41) is 9.50. The first-order chi connectivity index (χ1) is 10.1. The average molecular weight is 296 g/mol. The van der Waals surface area contributed by atoms with Gasteiger partial charge in [0, 0.05) is 19.1 Å². The van der Waals surface area contributed by atoms with Crippen LogP contribution in [0.4, 0.5) is 4.79 Å². The van der Waals surface area contributed by atoms with Gasteiger partial charge in [0.05, 0.1) is 0 Å². The van der Waals surface area contributed by atoms with Gasteiger partial charge in [0.1, 0.15) is 6.04 Å². The first-order valence-electron chi connectivity index (χ1n) is 8.40. The maximum absolute atomic E-state index is 12.8. The first-order valence-corrected chi connectivity index (χ1v) is 8.40. The Balaban J connectivity index is 2.15. The summed E-state index contributed by atoms with van der Waals surface area (Å²) in [5.41, 5.74) is 0. The zero-order valence-electron chi connectivity index (χ0n) is 13.3. The number of hydrogen-bond donors (Lipinski definition) is 1. The lowest BCUT2D eigenvalue weighted by Crippen LogP contribution is -2.52. The lowest BCUT2D eigenvalue weighted by atomic mass is 9.85. The molecule has 5 heteroatoms. The number of unbranched alkanes of at least 4 members (excludes halogenated alkanes) is 1. The lowest BCUT2D eigenvalue weighted by molar-refractivity contribution is -0.141. The molecule has 1 saturated carbocycles. The van der Waals surface area contributed by atoms with Gasteiger partial charge in [-0.15, -0.1) is 0 Å². The number of aliphatic carboxylic acids is 1. The minimum atomic E-state index is -0.843. The van der Waals surface area contributed by atoms with Crippen molar-refractivity contribution >= 4 is 12.0 Å². The van der Waals surface area contributed by atoms with Gasteiger partial charge in [0.2, 0.25) is 0 Å². The smallest absolute Gasteiger partial charge is 0.326 e. The highest BCUT2D eigenvalue weighted by molar-refractivity contribution is 5.84. The number of rotatable bonds is 5. The van der Waals surface area contributed by atoms with Gasteiger partial charge >= 0.3 is 12.0 Å². The zero-order valence-corrected chi connectivity index (χ0v) is 13.3. The third kappa shape index (κ3) is 3.33. The molecule has 0 aromatic rings. The monoisotopic (exact) mass is 296 g/mol. The maximum Gasteiger partial charge on any atom is 0.326 e. The van der Waals surface area contributed by atoms with Crippen LogP contribution in [-0.4, -0.2) is 52.1 Å². The molecule has 1 N–H and O–H groups in total. The number of carboxylic acid groups (broad SMARTS) is 1. The van der Waals surface area contributed by atoms with Gasteiger partial charge in [-0.2, -0.15) is 0 Å².